The Hall–Kier alpha value is -1.57. The fourth-order valence-electron chi connectivity index (χ4n) is 3.18. The van der Waals surface area contributed by atoms with E-state index in [4.69, 9.17) is 4.42 Å². The predicted molar refractivity (Wildman–Crippen MR) is 76.5 cm³/mol. The molecule has 0 amide bonds. The highest BCUT2D eigenvalue weighted by atomic mass is 16.3. The lowest BCUT2D eigenvalue weighted by Gasteiger charge is -2.30. The summed E-state index contributed by atoms with van der Waals surface area (Å²) < 4.78 is 5.83. The number of Topliss-reactive ketones (excluding diaryl/α,β-unsaturated/α-hetero) is 1. The number of hydrogen-bond donors (Lipinski definition) is 0. The molecule has 2 nitrogen and oxygen atoms in total. The molecular weight excluding hydrogens is 236 g/mol. The fraction of sp³-hybridized carbons (Fsp3) is 0.471. The second-order valence-electron chi connectivity index (χ2n) is 6.05. The standard InChI is InChI=1S/C17H20O2/c1-12-7-6-8-13-11-14(19-15(12)13)16(18)17(2)9-4-3-5-10-17/h6-8,11H,3-5,9-10H2,1-2H3. The largest absolute Gasteiger partial charge is 0.453 e. The van der Waals surface area contributed by atoms with E-state index in [2.05, 4.69) is 6.92 Å². The van der Waals surface area contributed by atoms with Crippen LogP contribution in [0.15, 0.2) is 28.7 Å². The van der Waals surface area contributed by atoms with Gasteiger partial charge in [0.2, 0.25) is 5.78 Å². The average molecular weight is 256 g/mol. The van der Waals surface area contributed by atoms with Gasteiger partial charge in [-0.3, -0.25) is 4.79 Å². The van der Waals surface area contributed by atoms with Gasteiger partial charge in [-0.05, 0) is 31.4 Å². The van der Waals surface area contributed by atoms with Crippen LogP contribution in [0.25, 0.3) is 11.0 Å². The number of furan rings is 1. The van der Waals surface area contributed by atoms with Crippen molar-refractivity contribution in [2.75, 3.05) is 0 Å². The molecule has 0 N–H and O–H groups in total. The summed E-state index contributed by atoms with van der Waals surface area (Å²) in [6.45, 7) is 4.11. The molecule has 1 aliphatic carbocycles. The first-order valence-electron chi connectivity index (χ1n) is 7.14. The van der Waals surface area contributed by atoms with Crippen LogP contribution in [0.1, 0.15) is 55.1 Å². The Morgan fingerprint density at radius 3 is 2.63 bits per heavy atom. The van der Waals surface area contributed by atoms with Crippen LogP contribution in [0.5, 0.6) is 0 Å². The molecule has 1 aromatic carbocycles. The summed E-state index contributed by atoms with van der Waals surface area (Å²) in [4.78, 5) is 12.7. The van der Waals surface area contributed by atoms with Crippen LogP contribution in [0.3, 0.4) is 0 Å². The van der Waals surface area contributed by atoms with Crippen molar-refractivity contribution in [1.82, 2.24) is 0 Å². The van der Waals surface area contributed by atoms with Crippen molar-refractivity contribution >= 4 is 16.8 Å². The molecule has 2 aromatic rings. The molecule has 1 fully saturated rings. The maximum atomic E-state index is 12.7. The van der Waals surface area contributed by atoms with Crippen molar-refractivity contribution in [3.8, 4) is 0 Å². The van der Waals surface area contributed by atoms with E-state index in [0.717, 1.165) is 42.2 Å². The zero-order valence-corrected chi connectivity index (χ0v) is 11.7. The SMILES string of the molecule is Cc1cccc2cc(C(=O)C3(C)CCCCC3)oc12. The fourth-order valence-corrected chi connectivity index (χ4v) is 3.18. The van der Waals surface area contributed by atoms with Crippen LogP contribution < -0.4 is 0 Å². The Balaban J connectivity index is 1.99. The van der Waals surface area contributed by atoms with Crippen molar-refractivity contribution in [3.05, 3.63) is 35.6 Å². The summed E-state index contributed by atoms with van der Waals surface area (Å²) in [5.74, 6) is 0.719. The number of aryl methyl sites for hydroxylation is 1. The summed E-state index contributed by atoms with van der Waals surface area (Å²) in [5.41, 5.74) is 1.72. The lowest BCUT2D eigenvalue weighted by Crippen LogP contribution is -2.29. The molecular formula is C17H20O2. The van der Waals surface area contributed by atoms with Gasteiger partial charge in [-0.2, -0.15) is 0 Å². The zero-order chi connectivity index (χ0) is 13.5. The van der Waals surface area contributed by atoms with Gasteiger partial charge in [-0.15, -0.1) is 0 Å². The van der Waals surface area contributed by atoms with Crippen molar-refractivity contribution < 1.29 is 9.21 Å². The molecule has 0 spiro atoms. The molecule has 0 atom stereocenters. The second kappa shape index (κ2) is 4.52. The molecule has 19 heavy (non-hydrogen) atoms. The first-order chi connectivity index (χ1) is 9.10. The molecule has 1 aliphatic rings. The third-order valence-electron chi connectivity index (χ3n) is 4.47. The van der Waals surface area contributed by atoms with Crippen molar-refractivity contribution in [2.45, 2.75) is 46.0 Å². The highest BCUT2D eigenvalue weighted by molar-refractivity contribution is 6.01. The Labute approximate surface area is 113 Å². The highest BCUT2D eigenvalue weighted by Gasteiger charge is 2.36. The summed E-state index contributed by atoms with van der Waals surface area (Å²) in [5, 5.41) is 1.03. The minimum absolute atomic E-state index is 0.183. The number of para-hydroxylation sites is 1. The average Bonchev–Trinajstić information content (AvgIpc) is 2.84. The van der Waals surface area contributed by atoms with Crippen LogP contribution in [0, 0.1) is 12.3 Å². The van der Waals surface area contributed by atoms with Crippen molar-refractivity contribution in [1.29, 1.82) is 0 Å². The lowest BCUT2D eigenvalue weighted by molar-refractivity contribution is 0.0721. The number of ketones is 1. The van der Waals surface area contributed by atoms with E-state index in [0.29, 0.717) is 5.76 Å². The first kappa shape index (κ1) is 12.5. The van der Waals surface area contributed by atoms with Crippen LogP contribution in [-0.2, 0) is 0 Å². The number of rotatable bonds is 2. The number of carbonyl (C=O) groups is 1. The van der Waals surface area contributed by atoms with Crippen LogP contribution in [-0.4, -0.2) is 5.78 Å². The number of benzene rings is 1. The summed E-state index contributed by atoms with van der Waals surface area (Å²) in [6, 6.07) is 7.93. The maximum absolute atomic E-state index is 12.7. The Kier molecular flexibility index (Phi) is 2.96. The summed E-state index contributed by atoms with van der Waals surface area (Å²) >= 11 is 0. The van der Waals surface area contributed by atoms with Gasteiger partial charge in [0, 0.05) is 10.8 Å². The van der Waals surface area contributed by atoms with E-state index in [1.54, 1.807) is 0 Å². The maximum Gasteiger partial charge on any atom is 0.203 e. The van der Waals surface area contributed by atoms with Gasteiger partial charge >= 0.3 is 0 Å². The molecule has 1 saturated carbocycles. The van der Waals surface area contributed by atoms with E-state index in [-0.39, 0.29) is 11.2 Å². The molecule has 100 valence electrons. The van der Waals surface area contributed by atoms with Crippen molar-refractivity contribution in [2.24, 2.45) is 5.41 Å². The highest BCUT2D eigenvalue weighted by Crippen LogP contribution is 2.39. The van der Waals surface area contributed by atoms with E-state index >= 15 is 0 Å². The number of hydrogen-bond acceptors (Lipinski definition) is 2. The Bertz CT molecular complexity index is 615. The molecule has 0 radical (unpaired) electrons. The zero-order valence-electron chi connectivity index (χ0n) is 11.7. The predicted octanol–water partition coefficient (Wildman–Crippen LogP) is 4.89. The van der Waals surface area contributed by atoms with Crippen molar-refractivity contribution in [3.63, 3.8) is 0 Å². The number of fused-ring (bicyclic) bond motifs is 1. The van der Waals surface area contributed by atoms with Gasteiger partial charge in [0.15, 0.2) is 5.76 Å². The van der Waals surface area contributed by atoms with Crippen LogP contribution in [0.2, 0.25) is 0 Å². The van der Waals surface area contributed by atoms with Gasteiger partial charge in [-0.1, -0.05) is 44.4 Å². The Morgan fingerprint density at radius 2 is 1.95 bits per heavy atom. The van der Waals surface area contributed by atoms with E-state index in [1.807, 2.05) is 31.2 Å². The smallest absolute Gasteiger partial charge is 0.203 e. The summed E-state index contributed by atoms with van der Waals surface area (Å²) in [7, 11) is 0. The minimum Gasteiger partial charge on any atom is -0.453 e. The van der Waals surface area contributed by atoms with Crippen LogP contribution >= 0.6 is 0 Å². The molecule has 2 heteroatoms. The molecule has 1 heterocycles. The molecule has 1 aromatic heterocycles. The number of carbonyl (C=O) groups excluding carboxylic acids is 1. The quantitative estimate of drug-likeness (QED) is 0.716. The van der Waals surface area contributed by atoms with E-state index in [9.17, 15) is 4.79 Å². The molecule has 0 saturated heterocycles. The van der Waals surface area contributed by atoms with Gasteiger partial charge < -0.3 is 4.42 Å². The third kappa shape index (κ3) is 2.09. The monoisotopic (exact) mass is 256 g/mol. The van der Waals surface area contributed by atoms with Gasteiger partial charge in [-0.25, -0.2) is 0 Å². The topological polar surface area (TPSA) is 30.2 Å². The van der Waals surface area contributed by atoms with E-state index in [1.165, 1.54) is 6.42 Å². The molecule has 3 rings (SSSR count). The third-order valence-corrected chi connectivity index (χ3v) is 4.47. The lowest BCUT2D eigenvalue weighted by atomic mass is 9.72. The molecule has 0 aliphatic heterocycles. The van der Waals surface area contributed by atoms with Gasteiger partial charge in [0.1, 0.15) is 5.58 Å². The van der Waals surface area contributed by atoms with Gasteiger partial charge in [0.05, 0.1) is 0 Å². The second-order valence-corrected chi connectivity index (χ2v) is 6.05. The minimum atomic E-state index is -0.222. The molecule has 0 unspecified atom stereocenters. The van der Waals surface area contributed by atoms with Gasteiger partial charge in [0.25, 0.3) is 0 Å². The first-order valence-corrected chi connectivity index (χ1v) is 7.14. The summed E-state index contributed by atoms with van der Waals surface area (Å²) in [6.07, 6.45) is 5.54. The normalized spacial score (nSPS) is 18.6. The molecule has 0 bridgehead atoms. The Morgan fingerprint density at radius 1 is 1.21 bits per heavy atom. The van der Waals surface area contributed by atoms with E-state index < -0.39 is 0 Å². The van der Waals surface area contributed by atoms with Crippen LogP contribution in [0.4, 0.5) is 0 Å².